The lowest BCUT2D eigenvalue weighted by Gasteiger charge is -2.27. The molecule has 1 unspecified atom stereocenters. The first-order valence-electron chi connectivity index (χ1n) is 6.34. The number of nitrogens with zero attached hydrogens (tertiary/aromatic N) is 2. The summed E-state index contributed by atoms with van der Waals surface area (Å²) in [7, 11) is 1.48. The maximum atomic E-state index is 12.3. The van der Waals surface area contributed by atoms with E-state index in [1.807, 2.05) is 0 Å². The average molecular weight is 287 g/mol. The molecule has 0 bridgehead atoms. The number of likely N-dealkylation sites (tertiary alicyclic amines) is 1. The Kier molecular flexibility index (Phi) is 5.32. The second-order valence-electron chi connectivity index (χ2n) is 5.19. The van der Waals surface area contributed by atoms with Gasteiger partial charge < -0.3 is 25.4 Å². The van der Waals surface area contributed by atoms with Crippen molar-refractivity contribution in [2.45, 2.75) is 13.3 Å². The van der Waals surface area contributed by atoms with Gasteiger partial charge >= 0.3 is 12.0 Å². The molecular weight excluding hydrogens is 266 g/mol. The number of methoxy groups -OCH3 is 1. The summed E-state index contributed by atoms with van der Waals surface area (Å²) in [5, 5.41) is 8.84. The van der Waals surface area contributed by atoms with Crippen molar-refractivity contribution in [2.24, 2.45) is 11.1 Å². The normalized spacial score (nSPS) is 21.8. The predicted octanol–water partition coefficient (Wildman–Crippen LogP) is -0.663. The van der Waals surface area contributed by atoms with Gasteiger partial charge in [-0.1, -0.05) is 0 Å². The summed E-state index contributed by atoms with van der Waals surface area (Å²) in [5.74, 6) is -1.54. The van der Waals surface area contributed by atoms with Crippen molar-refractivity contribution in [3.05, 3.63) is 0 Å². The standard InChI is InChI=1S/C12H21N3O5/c1-12(10(13)18)3-4-15(8-12)11(19)14(5-6-20-2)7-9(16)17/h3-8H2,1-2H3,(H2,13,18)(H,16,17). The van der Waals surface area contributed by atoms with E-state index in [4.69, 9.17) is 15.6 Å². The fraction of sp³-hybridized carbons (Fsp3) is 0.750. The zero-order chi connectivity index (χ0) is 15.3. The topological polar surface area (TPSA) is 113 Å². The molecule has 0 radical (unpaired) electrons. The summed E-state index contributed by atoms with van der Waals surface area (Å²) in [6.45, 7) is 2.35. The number of carbonyl (C=O) groups excluding carboxylic acids is 2. The number of amides is 3. The zero-order valence-electron chi connectivity index (χ0n) is 11.8. The van der Waals surface area contributed by atoms with Crippen LogP contribution in [0.15, 0.2) is 0 Å². The monoisotopic (exact) mass is 287 g/mol. The molecule has 1 aliphatic rings. The van der Waals surface area contributed by atoms with E-state index in [2.05, 4.69) is 0 Å². The molecule has 1 aliphatic heterocycles. The van der Waals surface area contributed by atoms with Gasteiger partial charge in [0.05, 0.1) is 12.0 Å². The summed E-state index contributed by atoms with van der Waals surface area (Å²) >= 11 is 0. The highest BCUT2D eigenvalue weighted by atomic mass is 16.5. The zero-order valence-corrected chi connectivity index (χ0v) is 11.8. The highest BCUT2D eigenvalue weighted by Crippen LogP contribution is 2.29. The molecule has 1 saturated heterocycles. The molecule has 0 saturated carbocycles. The number of urea groups is 1. The highest BCUT2D eigenvalue weighted by Gasteiger charge is 2.41. The van der Waals surface area contributed by atoms with Crippen LogP contribution in [0.4, 0.5) is 4.79 Å². The molecule has 0 aromatic rings. The lowest BCUT2D eigenvalue weighted by Crippen LogP contribution is -2.47. The maximum Gasteiger partial charge on any atom is 0.323 e. The number of aliphatic carboxylic acids is 1. The molecular formula is C12H21N3O5. The van der Waals surface area contributed by atoms with Gasteiger partial charge in [0.25, 0.3) is 0 Å². The first kappa shape index (κ1) is 16.2. The smallest absolute Gasteiger partial charge is 0.323 e. The number of primary amides is 1. The third-order valence-corrected chi connectivity index (χ3v) is 3.50. The van der Waals surface area contributed by atoms with Gasteiger partial charge in [-0.2, -0.15) is 0 Å². The van der Waals surface area contributed by atoms with E-state index in [0.717, 1.165) is 0 Å². The van der Waals surface area contributed by atoms with Crippen molar-refractivity contribution in [1.82, 2.24) is 9.80 Å². The minimum atomic E-state index is -1.09. The number of hydrogen-bond acceptors (Lipinski definition) is 4. The predicted molar refractivity (Wildman–Crippen MR) is 70.0 cm³/mol. The number of ether oxygens (including phenoxy) is 1. The van der Waals surface area contributed by atoms with E-state index >= 15 is 0 Å². The van der Waals surface area contributed by atoms with E-state index in [9.17, 15) is 14.4 Å². The number of hydrogen-bond donors (Lipinski definition) is 2. The Labute approximate surface area is 117 Å². The van der Waals surface area contributed by atoms with E-state index in [1.165, 1.54) is 16.9 Å². The van der Waals surface area contributed by atoms with Gasteiger partial charge in [0.15, 0.2) is 0 Å². The number of nitrogens with two attached hydrogens (primary N) is 1. The molecule has 1 fully saturated rings. The quantitative estimate of drug-likeness (QED) is 0.673. The Balaban J connectivity index is 2.70. The summed E-state index contributed by atoms with van der Waals surface area (Å²) < 4.78 is 4.87. The summed E-state index contributed by atoms with van der Waals surface area (Å²) in [5.41, 5.74) is 4.58. The fourth-order valence-corrected chi connectivity index (χ4v) is 2.13. The molecule has 0 aromatic heterocycles. The molecule has 1 heterocycles. The Morgan fingerprint density at radius 2 is 2.10 bits per heavy atom. The Morgan fingerprint density at radius 3 is 2.55 bits per heavy atom. The number of rotatable bonds is 6. The van der Waals surface area contributed by atoms with Crippen LogP contribution in [0.1, 0.15) is 13.3 Å². The van der Waals surface area contributed by atoms with Gasteiger partial charge in [-0.3, -0.25) is 9.59 Å². The summed E-state index contributed by atoms with van der Waals surface area (Å²) in [6, 6.07) is -0.408. The average Bonchev–Trinajstić information content (AvgIpc) is 2.77. The van der Waals surface area contributed by atoms with Crippen molar-refractivity contribution in [1.29, 1.82) is 0 Å². The van der Waals surface area contributed by atoms with Gasteiger partial charge in [-0.15, -0.1) is 0 Å². The van der Waals surface area contributed by atoms with Gasteiger partial charge in [0.2, 0.25) is 5.91 Å². The van der Waals surface area contributed by atoms with E-state index in [0.29, 0.717) is 13.0 Å². The van der Waals surface area contributed by atoms with Crippen LogP contribution in [0.3, 0.4) is 0 Å². The van der Waals surface area contributed by atoms with Crippen LogP contribution in [0.5, 0.6) is 0 Å². The Bertz CT molecular complexity index is 401. The number of carboxylic acid groups (broad SMARTS) is 1. The number of carbonyl (C=O) groups is 3. The van der Waals surface area contributed by atoms with Crippen LogP contribution in [0, 0.1) is 5.41 Å². The lowest BCUT2D eigenvalue weighted by atomic mass is 9.89. The Morgan fingerprint density at radius 1 is 1.45 bits per heavy atom. The molecule has 8 heteroatoms. The summed E-state index contributed by atoms with van der Waals surface area (Å²) in [4.78, 5) is 37.1. The molecule has 1 rings (SSSR count). The van der Waals surface area contributed by atoms with Crippen molar-refractivity contribution in [3.8, 4) is 0 Å². The molecule has 1 atom stereocenters. The van der Waals surface area contributed by atoms with Gasteiger partial charge in [-0.05, 0) is 13.3 Å². The second kappa shape index (κ2) is 6.56. The van der Waals surface area contributed by atoms with Gasteiger partial charge in [-0.25, -0.2) is 4.79 Å². The van der Waals surface area contributed by atoms with E-state index in [-0.39, 0.29) is 19.7 Å². The van der Waals surface area contributed by atoms with Gasteiger partial charge in [0, 0.05) is 26.7 Å². The van der Waals surface area contributed by atoms with Crippen molar-refractivity contribution >= 4 is 17.9 Å². The molecule has 3 amide bonds. The van der Waals surface area contributed by atoms with Crippen LogP contribution in [0.25, 0.3) is 0 Å². The van der Waals surface area contributed by atoms with Gasteiger partial charge in [0.1, 0.15) is 6.54 Å². The summed E-state index contributed by atoms with van der Waals surface area (Å²) in [6.07, 6.45) is 0.485. The van der Waals surface area contributed by atoms with Crippen LogP contribution in [-0.4, -0.2) is 72.7 Å². The minimum absolute atomic E-state index is 0.186. The van der Waals surface area contributed by atoms with E-state index < -0.39 is 29.9 Å². The molecule has 3 N–H and O–H groups in total. The molecule has 8 nitrogen and oxygen atoms in total. The molecule has 20 heavy (non-hydrogen) atoms. The van der Waals surface area contributed by atoms with Crippen molar-refractivity contribution in [2.75, 3.05) is 39.9 Å². The largest absolute Gasteiger partial charge is 0.480 e. The second-order valence-corrected chi connectivity index (χ2v) is 5.19. The fourth-order valence-electron chi connectivity index (χ4n) is 2.13. The maximum absolute atomic E-state index is 12.3. The third kappa shape index (κ3) is 3.83. The van der Waals surface area contributed by atoms with Crippen LogP contribution in [-0.2, 0) is 14.3 Å². The molecule has 0 spiro atoms. The van der Waals surface area contributed by atoms with Crippen molar-refractivity contribution in [3.63, 3.8) is 0 Å². The van der Waals surface area contributed by atoms with E-state index in [1.54, 1.807) is 6.92 Å². The van der Waals surface area contributed by atoms with Crippen molar-refractivity contribution < 1.29 is 24.2 Å². The molecule has 114 valence electrons. The van der Waals surface area contributed by atoms with Crippen LogP contribution >= 0.6 is 0 Å². The third-order valence-electron chi connectivity index (χ3n) is 3.50. The lowest BCUT2D eigenvalue weighted by molar-refractivity contribution is -0.138. The molecule has 0 aliphatic carbocycles. The SMILES string of the molecule is COCCN(CC(=O)O)C(=O)N1CCC(C)(C(N)=O)C1. The number of carboxylic acids is 1. The van der Waals surface area contributed by atoms with Crippen LogP contribution < -0.4 is 5.73 Å². The minimum Gasteiger partial charge on any atom is -0.480 e. The first-order chi connectivity index (χ1) is 9.30. The highest BCUT2D eigenvalue weighted by molar-refractivity contribution is 5.84. The first-order valence-corrected chi connectivity index (χ1v) is 6.34. The van der Waals surface area contributed by atoms with Crippen LogP contribution in [0.2, 0.25) is 0 Å². The molecule has 0 aromatic carbocycles. The Hall–Kier alpha value is -1.83.